The summed E-state index contributed by atoms with van der Waals surface area (Å²) in [5.41, 5.74) is 1.53. The zero-order valence-corrected chi connectivity index (χ0v) is 17.1. The maximum absolute atomic E-state index is 13.0. The molecule has 7 heteroatoms. The molecule has 0 saturated carbocycles. The zero-order chi connectivity index (χ0) is 19.7. The van der Waals surface area contributed by atoms with E-state index >= 15 is 0 Å². The monoisotopic (exact) mass is 416 g/mol. The average molecular weight is 417 g/mol. The molecule has 2 heterocycles. The number of halogens is 1. The van der Waals surface area contributed by atoms with E-state index in [1.54, 1.807) is 25.3 Å². The van der Waals surface area contributed by atoms with Crippen molar-refractivity contribution in [3.8, 4) is 5.75 Å². The standard InChI is InChI=1S/C21H21ClN2O3S/c1-15-7-8-17(22)14-20(15)28(25,26)24-12-9-18(10-13-24)27-19-6-2-4-16-5-3-11-23-21(16)19/h2-8,11,14,18H,9-10,12-13H2,1H3. The number of benzene rings is 2. The number of rotatable bonds is 4. The average Bonchev–Trinajstić information content (AvgIpc) is 2.70. The molecule has 0 unspecified atom stereocenters. The van der Waals surface area contributed by atoms with Gasteiger partial charge in [-0.3, -0.25) is 4.98 Å². The molecule has 0 bridgehead atoms. The lowest BCUT2D eigenvalue weighted by atomic mass is 10.1. The Morgan fingerprint density at radius 2 is 1.86 bits per heavy atom. The maximum atomic E-state index is 13.0. The molecule has 3 aromatic rings. The molecule has 1 fully saturated rings. The molecule has 0 atom stereocenters. The van der Waals surface area contributed by atoms with Crippen molar-refractivity contribution < 1.29 is 13.2 Å². The van der Waals surface area contributed by atoms with Crippen molar-refractivity contribution in [1.82, 2.24) is 9.29 Å². The van der Waals surface area contributed by atoms with Gasteiger partial charge in [0.2, 0.25) is 10.0 Å². The van der Waals surface area contributed by atoms with Crippen LogP contribution in [0.15, 0.2) is 59.6 Å². The van der Waals surface area contributed by atoms with Crippen molar-refractivity contribution in [2.24, 2.45) is 0 Å². The summed E-state index contributed by atoms with van der Waals surface area (Å²) >= 11 is 6.01. The first-order valence-electron chi connectivity index (χ1n) is 9.22. The summed E-state index contributed by atoms with van der Waals surface area (Å²) in [6.45, 7) is 2.61. The van der Waals surface area contributed by atoms with Crippen LogP contribution in [0.25, 0.3) is 10.9 Å². The summed E-state index contributed by atoms with van der Waals surface area (Å²) in [5, 5.41) is 1.45. The van der Waals surface area contributed by atoms with Crippen LogP contribution in [0.2, 0.25) is 5.02 Å². The highest BCUT2D eigenvalue weighted by atomic mass is 35.5. The molecule has 0 aliphatic carbocycles. The van der Waals surface area contributed by atoms with Crippen LogP contribution in [0.5, 0.6) is 5.75 Å². The third-order valence-corrected chi connectivity index (χ3v) is 7.33. The second-order valence-corrected chi connectivity index (χ2v) is 9.31. The van der Waals surface area contributed by atoms with Gasteiger partial charge in [0.1, 0.15) is 17.4 Å². The molecule has 0 spiro atoms. The summed E-state index contributed by atoms with van der Waals surface area (Å²) < 4.78 is 33.7. The van der Waals surface area contributed by atoms with Crippen LogP contribution in [0.4, 0.5) is 0 Å². The molecule has 0 radical (unpaired) electrons. The molecule has 5 nitrogen and oxygen atoms in total. The molecule has 0 N–H and O–H groups in total. The van der Waals surface area contributed by atoms with E-state index in [4.69, 9.17) is 16.3 Å². The highest BCUT2D eigenvalue weighted by Gasteiger charge is 2.31. The van der Waals surface area contributed by atoms with Gasteiger partial charge in [0, 0.05) is 29.7 Å². The molecule has 1 aliphatic rings. The second kappa shape index (κ2) is 7.70. The van der Waals surface area contributed by atoms with Gasteiger partial charge in [-0.05, 0) is 49.6 Å². The third kappa shape index (κ3) is 3.72. The van der Waals surface area contributed by atoms with Gasteiger partial charge in [0.05, 0.1) is 4.90 Å². The Kier molecular flexibility index (Phi) is 5.27. The lowest BCUT2D eigenvalue weighted by Crippen LogP contribution is -2.41. The number of aryl methyl sites for hydroxylation is 1. The molecule has 146 valence electrons. The minimum absolute atomic E-state index is 0.0421. The molecule has 2 aromatic carbocycles. The van der Waals surface area contributed by atoms with E-state index in [1.807, 2.05) is 30.3 Å². The van der Waals surface area contributed by atoms with E-state index in [9.17, 15) is 8.42 Å². The van der Waals surface area contributed by atoms with Crippen LogP contribution in [-0.4, -0.2) is 36.9 Å². The molecular weight excluding hydrogens is 396 g/mol. The molecule has 1 saturated heterocycles. The highest BCUT2D eigenvalue weighted by molar-refractivity contribution is 7.89. The molecule has 4 rings (SSSR count). The van der Waals surface area contributed by atoms with E-state index in [1.165, 1.54) is 10.4 Å². The Morgan fingerprint density at radius 1 is 1.11 bits per heavy atom. The van der Waals surface area contributed by atoms with E-state index in [0.717, 1.165) is 16.7 Å². The summed E-state index contributed by atoms with van der Waals surface area (Å²) in [6, 6.07) is 14.7. The van der Waals surface area contributed by atoms with Crippen molar-refractivity contribution in [2.45, 2.75) is 30.8 Å². The van der Waals surface area contributed by atoms with Gasteiger partial charge in [-0.25, -0.2) is 8.42 Å². The first-order chi connectivity index (χ1) is 13.4. The van der Waals surface area contributed by atoms with Gasteiger partial charge in [0.15, 0.2) is 0 Å². The van der Waals surface area contributed by atoms with Gasteiger partial charge in [0.25, 0.3) is 0 Å². The number of sulfonamides is 1. The summed E-state index contributed by atoms with van der Waals surface area (Å²) in [6.07, 6.45) is 2.96. The first kappa shape index (κ1) is 19.2. The first-order valence-corrected chi connectivity index (χ1v) is 11.0. The minimum atomic E-state index is -3.57. The van der Waals surface area contributed by atoms with Crippen LogP contribution in [-0.2, 0) is 10.0 Å². The SMILES string of the molecule is Cc1ccc(Cl)cc1S(=O)(=O)N1CCC(Oc2cccc3cccnc23)CC1. The zero-order valence-electron chi connectivity index (χ0n) is 15.5. The predicted molar refractivity (Wildman–Crippen MR) is 110 cm³/mol. The van der Waals surface area contributed by atoms with E-state index in [2.05, 4.69) is 4.98 Å². The number of ether oxygens (including phenoxy) is 1. The van der Waals surface area contributed by atoms with Crippen molar-refractivity contribution in [3.63, 3.8) is 0 Å². The summed E-state index contributed by atoms with van der Waals surface area (Å²) in [4.78, 5) is 4.69. The molecule has 0 amide bonds. The van der Waals surface area contributed by atoms with Crippen LogP contribution in [0, 0.1) is 6.92 Å². The number of pyridine rings is 1. The third-order valence-electron chi connectivity index (χ3n) is 5.06. The molecule has 1 aromatic heterocycles. The van der Waals surface area contributed by atoms with Gasteiger partial charge in [-0.2, -0.15) is 4.31 Å². The largest absolute Gasteiger partial charge is 0.488 e. The van der Waals surface area contributed by atoms with Crippen molar-refractivity contribution in [2.75, 3.05) is 13.1 Å². The number of fused-ring (bicyclic) bond motifs is 1. The molecular formula is C21H21ClN2O3S. The fourth-order valence-corrected chi connectivity index (χ4v) is 5.49. The van der Waals surface area contributed by atoms with Gasteiger partial charge < -0.3 is 4.74 Å². The Bertz CT molecular complexity index is 1100. The number of piperidine rings is 1. The Balaban J connectivity index is 1.48. The van der Waals surface area contributed by atoms with Crippen molar-refractivity contribution in [1.29, 1.82) is 0 Å². The van der Waals surface area contributed by atoms with Crippen LogP contribution >= 0.6 is 11.6 Å². The lowest BCUT2D eigenvalue weighted by molar-refractivity contribution is 0.136. The fourth-order valence-electron chi connectivity index (χ4n) is 3.53. The van der Waals surface area contributed by atoms with Crippen molar-refractivity contribution >= 4 is 32.5 Å². The van der Waals surface area contributed by atoms with Crippen LogP contribution in [0.1, 0.15) is 18.4 Å². The summed E-state index contributed by atoms with van der Waals surface area (Å²) in [5.74, 6) is 0.741. The Labute approximate surface area is 170 Å². The second-order valence-electron chi connectivity index (χ2n) is 6.96. The van der Waals surface area contributed by atoms with E-state index < -0.39 is 10.0 Å². The van der Waals surface area contributed by atoms with Crippen LogP contribution < -0.4 is 4.74 Å². The molecule has 28 heavy (non-hydrogen) atoms. The number of nitrogens with zero attached hydrogens (tertiary/aromatic N) is 2. The van der Waals surface area contributed by atoms with Gasteiger partial charge in [-0.15, -0.1) is 0 Å². The predicted octanol–water partition coefficient (Wildman–Crippen LogP) is 4.43. The van der Waals surface area contributed by atoms with Crippen molar-refractivity contribution in [3.05, 3.63) is 65.3 Å². The number of hydrogen-bond acceptors (Lipinski definition) is 4. The number of hydrogen-bond donors (Lipinski definition) is 0. The highest BCUT2D eigenvalue weighted by Crippen LogP contribution is 2.29. The number of aromatic nitrogens is 1. The van der Waals surface area contributed by atoms with Gasteiger partial charge >= 0.3 is 0 Å². The fraction of sp³-hybridized carbons (Fsp3) is 0.286. The number of para-hydroxylation sites is 1. The van der Waals surface area contributed by atoms with Gasteiger partial charge in [-0.1, -0.05) is 35.9 Å². The topological polar surface area (TPSA) is 59.5 Å². The molecule has 1 aliphatic heterocycles. The lowest BCUT2D eigenvalue weighted by Gasteiger charge is -2.32. The normalized spacial score (nSPS) is 16.4. The summed E-state index contributed by atoms with van der Waals surface area (Å²) in [7, 11) is -3.57. The Morgan fingerprint density at radius 3 is 2.64 bits per heavy atom. The maximum Gasteiger partial charge on any atom is 0.243 e. The van der Waals surface area contributed by atoms with E-state index in [0.29, 0.717) is 36.5 Å². The smallest absolute Gasteiger partial charge is 0.243 e. The Hall–Kier alpha value is -2.15. The van der Waals surface area contributed by atoms with E-state index in [-0.39, 0.29) is 11.0 Å². The minimum Gasteiger partial charge on any atom is -0.488 e. The van der Waals surface area contributed by atoms with Crippen LogP contribution in [0.3, 0.4) is 0 Å². The quantitative estimate of drug-likeness (QED) is 0.631.